The molecular weight excluding hydrogens is 725 g/mol. The monoisotopic (exact) mass is 786 g/mol. The van der Waals surface area contributed by atoms with Gasteiger partial charge in [0, 0.05) is 18.3 Å². The third-order valence-corrected chi connectivity index (χ3v) is 12.2. The first-order valence-electron chi connectivity index (χ1n) is 21.3. The maximum atomic E-state index is 6.35. The molecule has 0 unspecified atom stereocenters. The summed E-state index contributed by atoms with van der Waals surface area (Å²) in [7, 11) is 0. The lowest BCUT2D eigenvalue weighted by Crippen LogP contribution is -2.39. The maximum Gasteiger partial charge on any atom is 0.199 e. The van der Waals surface area contributed by atoms with Crippen LogP contribution in [0.4, 0.5) is 0 Å². The van der Waals surface area contributed by atoms with E-state index in [2.05, 4.69) is 104 Å². The van der Waals surface area contributed by atoms with Gasteiger partial charge in [0.2, 0.25) is 0 Å². The van der Waals surface area contributed by atoms with Gasteiger partial charge in [0.05, 0.1) is 38.5 Å². The SMILES string of the molecule is CCC1(CC)C2=N[C@H](CO2)Cc2ccc(cc2)OCCCOc2c(C)cc(cc2C)C(C)(C)c2cc(C)c(c(C)c2)OCCCOc2ccc(cc2)C[C@H]2COC1=N2. The van der Waals surface area contributed by atoms with E-state index >= 15 is 0 Å². The van der Waals surface area contributed by atoms with Gasteiger partial charge in [0.25, 0.3) is 0 Å². The molecule has 0 N–H and O–H groups in total. The smallest absolute Gasteiger partial charge is 0.199 e. The van der Waals surface area contributed by atoms with Gasteiger partial charge in [-0.2, -0.15) is 0 Å². The number of benzene rings is 4. The van der Waals surface area contributed by atoms with Crippen LogP contribution in [-0.2, 0) is 27.7 Å². The molecular formula is C50H62N2O6. The fourth-order valence-electron chi connectivity index (χ4n) is 8.59. The van der Waals surface area contributed by atoms with Gasteiger partial charge in [0.15, 0.2) is 11.8 Å². The Bertz CT molecular complexity index is 1910. The molecule has 308 valence electrons. The van der Waals surface area contributed by atoms with Crippen molar-refractivity contribution in [1.29, 1.82) is 0 Å². The Morgan fingerprint density at radius 3 is 1.24 bits per heavy atom. The molecule has 2 atom stereocenters. The van der Waals surface area contributed by atoms with Crippen LogP contribution in [0.3, 0.4) is 0 Å². The predicted octanol–water partition coefficient (Wildman–Crippen LogP) is 10.4. The van der Waals surface area contributed by atoms with Crippen LogP contribution in [0.2, 0.25) is 0 Å². The minimum atomic E-state index is -0.458. The van der Waals surface area contributed by atoms with E-state index < -0.39 is 5.41 Å². The molecule has 8 heteroatoms. The number of hydrogen-bond acceptors (Lipinski definition) is 8. The Morgan fingerprint density at radius 2 is 0.879 bits per heavy atom. The normalized spacial score (nSPS) is 20.8. The second-order valence-electron chi connectivity index (χ2n) is 16.9. The van der Waals surface area contributed by atoms with E-state index in [1.54, 1.807) is 0 Å². The van der Waals surface area contributed by atoms with Crippen molar-refractivity contribution in [2.75, 3.05) is 39.6 Å². The largest absolute Gasteiger partial charge is 0.493 e. The zero-order valence-corrected chi connectivity index (χ0v) is 35.9. The first-order chi connectivity index (χ1) is 28.0. The standard InChI is InChI=1S/C50H62N2O6/c1-9-50(10-2)47-51-41(31-57-47)29-37-13-17-43(18-14-37)53-21-11-23-55-45-33(3)25-39(26-34(45)4)49(7,8)40-27-35(5)46(36(6)28-40)56-24-12-22-54-44-19-15-38(16-20-44)30-42-32-58-48(50)52-42/h13-20,25-28,41-42H,9-12,21-24,29-32H2,1-8H3/t41-,42-/m0/s1. The third kappa shape index (κ3) is 9.01. The molecule has 4 aromatic carbocycles. The van der Waals surface area contributed by atoms with Crippen molar-refractivity contribution >= 4 is 11.8 Å². The fraction of sp³-hybridized carbons (Fsp3) is 0.480. The highest BCUT2D eigenvalue weighted by molar-refractivity contribution is 6.06. The summed E-state index contributed by atoms with van der Waals surface area (Å²) in [4.78, 5) is 10.3. The number of fused-ring (bicyclic) bond motifs is 4. The van der Waals surface area contributed by atoms with E-state index in [0.29, 0.717) is 39.6 Å². The minimum Gasteiger partial charge on any atom is -0.493 e. The van der Waals surface area contributed by atoms with Crippen LogP contribution in [0.5, 0.6) is 23.0 Å². The lowest BCUT2D eigenvalue weighted by molar-refractivity contribution is 0.244. The maximum absolute atomic E-state index is 6.35. The zero-order valence-electron chi connectivity index (χ0n) is 35.9. The van der Waals surface area contributed by atoms with Gasteiger partial charge in [-0.3, -0.25) is 0 Å². The Balaban J connectivity index is 1.08. The van der Waals surface area contributed by atoms with Gasteiger partial charge in [-0.05, 0) is 122 Å². The molecule has 0 aromatic heterocycles. The molecule has 0 fully saturated rings. The van der Waals surface area contributed by atoms with E-state index in [1.165, 1.54) is 22.3 Å². The minimum absolute atomic E-state index is 0.0427. The molecule has 0 saturated heterocycles. The number of nitrogens with zero attached hydrogens (tertiary/aromatic N) is 2. The second-order valence-corrected chi connectivity index (χ2v) is 16.9. The molecule has 8 nitrogen and oxygen atoms in total. The molecule has 7 heterocycles. The van der Waals surface area contributed by atoms with Crippen LogP contribution in [0.15, 0.2) is 82.8 Å². The van der Waals surface area contributed by atoms with E-state index in [0.717, 1.165) is 95.6 Å². The average Bonchev–Trinajstić information content (AvgIpc) is 3.88. The summed E-state index contributed by atoms with van der Waals surface area (Å²) < 4.78 is 37.6. The van der Waals surface area contributed by atoms with Crippen molar-refractivity contribution in [3.63, 3.8) is 0 Å². The number of rotatable bonds is 2. The molecule has 0 aliphatic carbocycles. The van der Waals surface area contributed by atoms with Crippen molar-refractivity contribution < 1.29 is 28.4 Å². The molecule has 4 aromatic rings. The fourth-order valence-corrected chi connectivity index (χ4v) is 8.59. The second kappa shape index (κ2) is 17.9. The van der Waals surface area contributed by atoms with Crippen molar-refractivity contribution in [3.8, 4) is 23.0 Å². The van der Waals surface area contributed by atoms with Crippen LogP contribution in [0.25, 0.3) is 0 Å². The van der Waals surface area contributed by atoms with Gasteiger partial charge in [-0.25, -0.2) is 9.98 Å². The summed E-state index contributed by atoms with van der Waals surface area (Å²) in [5, 5.41) is 0. The Hall–Kier alpha value is -4.98. The number of ether oxygens (including phenoxy) is 6. The lowest BCUT2D eigenvalue weighted by atomic mass is 9.76. The van der Waals surface area contributed by atoms with Crippen molar-refractivity contribution in [2.45, 2.75) is 111 Å². The molecule has 0 spiro atoms. The summed E-state index contributed by atoms with van der Waals surface area (Å²) in [6.07, 6.45) is 4.78. The van der Waals surface area contributed by atoms with Crippen molar-refractivity contribution in [2.24, 2.45) is 15.4 Å². The predicted molar refractivity (Wildman–Crippen MR) is 233 cm³/mol. The van der Waals surface area contributed by atoms with Crippen LogP contribution >= 0.6 is 0 Å². The summed E-state index contributed by atoms with van der Waals surface area (Å²) >= 11 is 0. The number of aryl methyl sites for hydroxylation is 4. The Morgan fingerprint density at radius 1 is 0.517 bits per heavy atom. The summed E-state index contributed by atoms with van der Waals surface area (Å²) in [6, 6.07) is 25.9. The van der Waals surface area contributed by atoms with E-state index in [4.69, 9.17) is 38.4 Å². The van der Waals surface area contributed by atoms with E-state index in [1.807, 2.05) is 24.3 Å². The van der Waals surface area contributed by atoms with Gasteiger partial charge >= 0.3 is 0 Å². The lowest BCUT2D eigenvalue weighted by Gasteiger charge is -2.29. The molecule has 11 rings (SSSR count). The molecule has 0 saturated carbocycles. The highest BCUT2D eigenvalue weighted by Crippen LogP contribution is 2.40. The Labute approximate surface area is 346 Å². The van der Waals surface area contributed by atoms with Gasteiger partial charge in [-0.15, -0.1) is 0 Å². The van der Waals surface area contributed by atoms with Crippen molar-refractivity contribution in [3.05, 3.63) is 117 Å². The van der Waals surface area contributed by atoms with Gasteiger partial charge in [0.1, 0.15) is 41.6 Å². The summed E-state index contributed by atoms with van der Waals surface area (Å²) in [6.45, 7) is 20.9. The molecule has 58 heavy (non-hydrogen) atoms. The van der Waals surface area contributed by atoms with Crippen LogP contribution in [0.1, 0.15) is 97.9 Å². The van der Waals surface area contributed by atoms with Crippen LogP contribution < -0.4 is 18.9 Å². The van der Waals surface area contributed by atoms with Crippen molar-refractivity contribution in [1.82, 2.24) is 0 Å². The van der Waals surface area contributed by atoms with Crippen LogP contribution in [0, 0.1) is 33.1 Å². The van der Waals surface area contributed by atoms with Gasteiger partial charge < -0.3 is 28.4 Å². The molecule has 7 aliphatic heterocycles. The third-order valence-electron chi connectivity index (χ3n) is 12.2. The molecule has 0 amide bonds. The first kappa shape index (κ1) is 41.2. The van der Waals surface area contributed by atoms with Crippen LogP contribution in [-0.4, -0.2) is 63.5 Å². The highest BCUT2D eigenvalue weighted by atomic mass is 16.5. The quantitative estimate of drug-likeness (QED) is 0.201. The molecule has 7 aliphatic rings. The number of aliphatic imine (C=N–C) groups is 2. The molecule has 12 bridgehead atoms. The average molecular weight is 787 g/mol. The van der Waals surface area contributed by atoms with E-state index in [-0.39, 0.29) is 17.5 Å². The highest BCUT2D eigenvalue weighted by Gasteiger charge is 2.46. The Kier molecular flexibility index (Phi) is 12.7. The van der Waals surface area contributed by atoms with Gasteiger partial charge in [-0.1, -0.05) is 76.2 Å². The topological polar surface area (TPSA) is 80.1 Å². The van der Waals surface area contributed by atoms with E-state index in [9.17, 15) is 0 Å². The summed E-state index contributed by atoms with van der Waals surface area (Å²) in [5.74, 6) is 5.13. The first-order valence-corrected chi connectivity index (χ1v) is 21.3. The summed E-state index contributed by atoms with van der Waals surface area (Å²) in [5.41, 5.74) is 8.84. The molecule has 0 radical (unpaired) electrons. The zero-order chi connectivity index (χ0) is 40.9. The number of hydrogen-bond donors (Lipinski definition) is 0.